The molecule has 1 aliphatic rings. The first-order chi connectivity index (χ1) is 12.2. The van der Waals surface area contributed by atoms with Crippen LogP contribution in [0.3, 0.4) is 0 Å². The largest absolute Gasteiger partial charge is 0.350 e. The van der Waals surface area contributed by atoms with Crippen LogP contribution in [-0.2, 0) is 13.1 Å². The summed E-state index contributed by atoms with van der Waals surface area (Å²) in [5, 5.41) is 0. The molecule has 2 heterocycles. The van der Waals surface area contributed by atoms with E-state index in [9.17, 15) is 8.78 Å². The number of aromatic nitrogens is 1. The minimum Gasteiger partial charge on any atom is -0.350 e. The molecule has 0 aliphatic carbocycles. The summed E-state index contributed by atoms with van der Waals surface area (Å²) in [6.07, 6.45) is 3.04. The molecule has 25 heavy (non-hydrogen) atoms. The average Bonchev–Trinajstić information content (AvgIpc) is 2.98. The summed E-state index contributed by atoms with van der Waals surface area (Å²) in [7, 11) is 0. The third-order valence-electron chi connectivity index (χ3n) is 4.85. The molecule has 0 amide bonds. The van der Waals surface area contributed by atoms with E-state index in [4.69, 9.17) is 0 Å². The number of nitrogens with zero attached hydrogens (tertiary/aromatic N) is 2. The first-order valence-electron chi connectivity index (χ1n) is 8.60. The highest BCUT2D eigenvalue weighted by Crippen LogP contribution is 2.33. The lowest BCUT2D eigenvalue weighted by molar-refractivity contribution is 0.217. The standard InChI is InChI=1S/C21H20F2N2/c22-18-8-3-7-16(14-18)21-20-10-4-11-24(20)12-5-13-25(21)15-17-6-1-2-9-19(17)23/h1-4,6-11,14,21H,5,12-13,15H2/t21-/m0/s1. The van der Waals surface area contributed by atoms with Crippen LogP contribution in [-0.4, -0.2) is 16.0 Å². The van der Waals surface area contributed by atoms with Crippen LogP contribution >= 0.6 is 0 Å². The van der Waals surface area contributed by atoms with E-state index < -0.39 is 0 Å². The van der Waals surface area contributed by atoms with Gasteiger partial charge in [-0.05, 0) is 42.3 Å². The molecule has 4 rings (SSSR count). The Balaban J connectivity index is 1.77. The van der Waals surface area contributed by atoms with Gasteiger partial charge in [-0.15, -0.1) is 0 Å². The highest BCUT2D eigenvalue weighted by atomic mass is 19.1. The fourth-order valence-corrected chi connectivity index (χ4v) is 3.71. The van der Waals surface area contributed by atoms with E-state index in [0.29, 0.717) is 12.1 Å². The van der Waals surface area contributed by atoms with Gasteiger partial charge >= 0.3 is 0 Å². The first kappa shape index (κ1) is 16.0. The molecular weight excluding hydrogens is 318 g/mol. The maximum absolute atomic E-state index is 14.2. The summed E-state index contributed by atoms with van der Waals surface area (Å²) in [6, 6.07) is 17.6. The van der Waals surface area contributed by atoms with E-state index in [1.54, 1.807) is 18.2 Å². The maximum atomic E-state index is 14.2. The van der Waals surface area contributed by atoms with Crippen LogP contribution < -0.4 is 0 Å². The normalized spacial score (nSPS) is 17.9. The topological polar surface area (TPSA) is 8.17 Å². The molecule has 3 aromatic rings. The van der Waals surface area contributed by atoms with Crippen molar-refractivity contribution in [2.45, 2.75) is 25.6 Å². The van der Waals surface area contributed by atoms with Gasteiger partial charge in [-0.25, -0.2) is 8.78 Å². The summed E-state index contributed by atoms with van der Waals surface area (Å²) >= 11 is 0. The number of fused-ring (bicyclic) bond motifs is 1. The molecule has 0 bridgehead atoms. The Morgan fingerprint density at radius 1 is 0.920 bits per heavy atom. The van der Waals surface area contributed by atoms with Crippen molar-refractivity contribution in [3.8, 4) is 0 Å². The maximum Gasteiger partial charge on any atom is 0.127 e. The van der Waals surface area contributed by atoms with Crippen LogP contribution in [0.5, 0.6) is 0 Å². The molecule has 0 fully saturated rings. The summed E-state index contributed by atoms with van der Waals surface area (Å²) in [4.78, 5) is 2.24. The number of halogens is 2. The van der Waals surface area contributed by atoms with Crippen molar-refractivity contribution in [1.29, 1.82) is 0 Å². The molecule has 1 aliphatic heterocycles. The molecule has 1 aromatic heterocycles. The number of hydrogen-bond donors (Lipinski definition) is 0. The number of rotatable bonds is 3. The lowest BCUT2D eigenvalue weighted by Crippen LogP contribution is -2.30. The smallest absolute Gasteiger partial charge is 0.127 e. The molecule has 1 atom stereocenters. The van der Waals surface area contributed by atoms with Crippen molar-refractivity contribution in [3.63, 3.8) is 0 Å². The predicted molar refractivity (Wildman–Crippen MR) is 94.1 cm³/mol. The zero-order valence-corrected chi connectivity index (χ0v) is 13.9. The van der Waals surface area contributed by atoms with Crippen LogP contribution in [0.25, 0.3) is 0 Å². The highest BCUT2D eigenvalue weighted by Gasteiger charge is 2.28. The fraction of sp³-hybridized carbons (Fsp3) is 0.238. The van der Waals surface area contributed by atoms with Gasteiger partial charge in [0.1, 0.15) is 11.6 Å². The molecule has 0 radical (unpaired) electrons. The summed E-state index contributed by atoms with van der Waals surface area (Å²) in [6.45, 7) is 2.25. The van der Waals surface area contributed by atoms with Crippen molar-refractivity contribution in [2.75, 3.05) is 6.54 Å². The molecule has 2 nitrogen and oxygen atoms in total. The Morgan fingerprint density at radius 2 is 1.80 bits per heavy atom. The van der Waals surface area contributed by atoms with Gasteiger partial charge in [-0.2, -0.15) is 0 Å². The van der Waals surface area contributed by atoms with Crippen LogP contribution in [0.15, 0.2) is 66.9 Å². The Labute approximate surface area is 146 Å². The fourth-order valence-electron chi connectivity index (χ4n) is 3.71. The second kappa shape index (κ2) is 6.81. The second-order valence-electron chi connectivity index (χ2n) is 6.50. The van der Waals surface area contributed by atoms with E-state index in [-0.39, 0.29) is 17.7 Å². The quantitative estimate of drug-likeness (QED) is 0.668. The van der Waals surface area contributed by atoms with Crippen molar-refractivity contribution < 1.29 is 8.78 Å². The Kier molecular flexibility index (Phi) is 4.36. The second-order valence-corrected chi connectivity index (χ2v) is 6.50. The lowest BCUT2D eigenvalue weighted by Gasteiger charge is -2.30. The van der Waals surface area contributed by atoms with E-state index in [0.717, 1.165) is 30.8 Å². The van der Waals surface area contributed by atoms with Crippen molar-refractivity contribution in [1.82, 2.24) is 9.47 Å². The van der Waals surface area contributed by atoms with Crippen molar-refractivity contribution in [2.24, 2.45) is 0 Å². The predicted octanol–water partition coefficient (Wildman–Crippen LogP) is 4.76. The minimum absolute atomic E-state index is 0.0900. The Bertz CT molecular complexity index is 872. The van der Waals surface area contributed by atoms with E-state index in [2.05, 4.69) is 21.7 Å². The molecule has 2 aromatic carbocycles. The van der Waals surface area contributed by atoms with Gasteiger partial charge in [0.15, 0.2) is 0 Å². The highest BCUT2D eigenvalue weighted by molar-refractivity contribution is 5.31. The van der Waals surface area contributed by atoms with E-state index >= 15 is 0 Å². The summed E-state index contributed by atoms with van der Waals surface area (Å²) < 4.78 is 30.3. The van der Waals surface area contributed by atoms with Gasteiger partial charge in [-0.1, -0.05) is 30.3 Å². The van der Waals surface area contributed by atoms with Gasteiger partial charge in [-0.3, -0.25) is 4.90 Å². The van der Waals surface area contributed by atoms with Gasteiger partial charge in [0.05, 0.1) is 6.04 Å². The van der Waals surface area contributed by atoms with Crippen molar-refractivity contribution in [3.05, 3.63) is 95.3 Å². The van der Waals surface area contributed by atoms with Crippen LogP contribution in [0.1, 0.15) is 29.3 Å². The van der Waals surface area contributed by atoms with Gasteiger partial charge in [0, 0.05) is 37.1 Å². The molecule has 128 valence electrons. The van der Waals surface area contributed by atoms with E-state index in [1.165, 1.54) is 12.1 Å². The monoisotopic (exact) mass is 338 g/mol. The molecule has 4 heteroatoms. The molecular formula is C21H20F2N2. The SMILES string of the molecule is Fc1cccc([C@H]2c3cccn3CCCN2Cc2ccccc2F)c1. The molecule has 0 spiro atoms. The molecule has 0 N–H and O–H groups in total. The van der Waals surface area contributed by atoms with Gasteiger partial charge in [0.2, 0.25) is 0 Å². The van der Waals surface area contributed by atoms with E-state index in [1.807, 2.05) is 24.3 Å². The number of benzene rings is 2. The van der Waals surface area contributed by atoms with Crippen LogP contribution in [0.4, 0.5) is 8.78 Å². The lowest BCUT2D eigenvalue weighted by atomic mass is 10.0. The number of aryl methyl sites for hydroxylation is 1. The Hall–Kier alpha value is -2.46. The van der Waals surface area contributed by atoms with Gasteiger partial charge in [0.25, 0.3) is 0 Å². The summed E-state index contributed by atoms with van der Waals surface area (Å²) in [5.41, 5.74) is 2.70. The van der Waals surface area contributed by atoms with Crippen LogP contribution in [0.2, 0.25) is 0 Å². The third kappa shape index (κ3) is 3.22. The number of hydrogen-bond acceptors (Lipinski definition) is 1. The van der Waals surface area contributed by atoms with Crippen molar-refractivity contribution >= 4 is 0 Å². The minimum atomic E-state index is -0.245. The zero-order valence-electron chi connectivity index (χ0n) is 13.9. The molecule has 0 saturated carbocycles. The summed E-state index contributed by atoms with van der Waals surface area (Å²) in [5.74, 6) is -0.439. The zero-order chi connectivity index (χ0) is 17.2. The third-order valence-corrected chi connectivity index (χ3v) is 4.85. The molecule has 0 saturated heterocycles. The average molecular weight is 338 g/mol. The van der Waals surface area contributed by atoms with Gasteiger partial charge < -0.3 is 4.57 Å². The van der Waals surface area contributed by atoms with Crippen LogP contribution in [0, 0.1) is 11.6 Å². The Morgan fingerprint density at radius 3 is 2.64 bits per heavy atom. The molecule has 0 unspecified atom stereocenters. The first-order valence-corrected chi connectivity index (χ1v) is 8.60.